The maximum Gasteiger partial charge on any atom is 0.573 e. The Bertz CT molecular complexity index is 1700. The van der Waals surface area contributed by atoms with Crippen molar-refractivity contribution >= 4 is 34.9 Å². The highest BCUT2D eigenvalue weighted by molar-refractivity contribution is 8.14. The molecule has 0 bridgehead atoms. The largest absolute Gasteiger partial charge is 0.573 e. The zero-order chi connectivity index (χ0) is 32.1. The molecule has 1 aliphatic heterocycles. The molecule has 0 saturated carbocycles. The van der Waals surface area contributed by atoms with Gasteiger partial charge in [-0.2, -0.15) is 4.99 Å². The monoisotopic (exact) mass is 636 g/mol. The van der Waals surface area contributed by atoms with Crippen molar-refractivity contribution in [3.8, 4) is 28.6 Å². The molecule has 0 spiro atoms. The number of anilines is 1. The molecular formula is C32H31F3N6O3S. The number of amidine groups is 1. The minimum Gasteiger partial charge on any atom is -0.497 e. The highest BCUT2D eigenvalue weighted by Gasteiger charge is 2.31. The van der Waals surface area contributed by atoms with Crippen LogP contribution in [0.1, 0.15) is 43.7 Å². The number of hydrogen-bond donors (Lipinski definition) is 0. The van der Waals surface area contributed by atoms with Crippen molar-refractivity contribution in [1.29, 1.82) is 0 Å². The second-order valence-corrected chi connectivity index (χ2v) is 11.6. The van der Waals surface area contributed by atoms with E-state index >= 15 is 0 Å². The quantitative estimate of drug-likeness (QED) is 0.182. The first-order chi connectivity index (χ1) is 21.5. The van der Waals surface area contributed by atoms with Crippen molar-refractivity contribution in [2.45, 2.75) is 39.0 Å². The van der Waals surface area contributed by atoms with Crippen LogP contribution in [0, 0.1) is 0 Å². The summed E-state index contributed by atoms with van der Waals surface area (Å²) in [7, 11) is 1.64. The Labute approximate surface area is 262 Å². The summed E-state index contributed by atoms with van der Waals surface area (Å²) < 4.78 is 48.0. The molecule has 5 rings (SSSR count). The molecule has 4 aromatic rings. The smallest absolute Gasteiger partial charge is 0.497 e. The summed E-state index contributed by atoms with van der Waals surface area (Å²) in [5.74, 6) is 1.83. The van der Waals surface area contributed by atoms with Crippen LogP contribution in [0.2, 0.25) is 0 Å². The molecule has 234 valence electrons. The first-order valence-electron chi connectivity index (χ1n) is 14.1. The third-order valence-corrected chi connectivity index (χ3v) is 8.00. The topological polar surface area (TPSA) is 94.2 Å². The van der Waals surface area contributed by atoms with Crippen LogP contribution in [0.5, 0.6) is 11.5 Å². The number of nitrogens with zero attached hydrogens (tertiary/aromatic N) is 6. The lowest BCUT2D eigenvalue weighted by atomic mass is 10.00. The molecule has 0 N–H and O–H groups in total. The Morgan fingerprint density at radius 2 is 1.73 bits per heavy atom. The molecule has 1 aromatic heterocycles. The second kappa shape index (κ2) is 13.6. The molecule has 45 heavy (non-hydrogen) atoms. The number of alkyl halides is 3. The average Bonchev–Trinajstić information content (AvgIpc) is 3.69. The Morgan fingerprint density at radius 1 is 1.02 bits per heavy atom. The Hall–Kier alpha value is -4.65. The van der Waals surface area contributed by atoms with Gasteiger partial charge in [-0.05, 0) is 59.5 Å². The van der Waals surface area contributed by atoms with Gasteiger partial charge in [-0.1, -0.05) is 56.8 Å². The van der Waals surface area contributed by atoms with E-state index in [4.69, 9.17) is 4.74 Å². The molecule has 1 saturated heterocycles. The molecule has 3 aromatic carbocycles. The van der Waals surface area contributed by atoms with E-state index in [1.807, 2.05) is 49.4 Å². The van der Waals surface area contributed by atoms with Crippen molar-refractivity contribution in [2.24, 2.45) is 9.98 Å². The SMILES string of the molecule is COc1ccc(N2CCSC2=NC(=O)N=CC(C)c2ccc(-c3ncn(-c4ccc(OC(F)(F)F)cc4)n3)cc2)c(C(C)C)c1. The van der Waals surface area contributed by atoms with Gasteiger partial charge < -0.3 is 14.4 Å². The molecule has 1 unspecified atom stereocenters. The van der Waals surface area contributed by atoms with Crippen molar-refractivity contribution < 1.29 is 27.4 Å². The first-order valence-corrected chi connectivity index (χ1v) is 15.1. The van der Waals surface area contributed by atoms with Gasteiger partial charge in [0, 0.05) is 35.7 Å². The van der Waals surface area contributed by atoms with Crippen LogP contribution in [-0.2, 0) is 0 Å². The summed E-state index contributed by atoms with van der Waals surface area (Å²) in [6, 6.07) is 18.2. The standard InChI is InChI=1S/C32H31F3N6O3S/c1-20(2)27-17-26(43-4)13-14-28(27)40-15-16-45-31(40)38-30(42)36-18-21(3)22-5-7-23(8-6-22)29-37-19-41(39-29)24-9-11-25(12-10-24)44-32(33,34)35/h5-14,17-21H,15-16H2,1-4H3. The second-order valence-electron chi connectivity index (χ2n) is 10.5. The Morgan fingerprint density at radius 3 is 2.40 bits per heavy atom. The number of thioether (sulfide) groups is 1. The van der Waals surface area contributed by atoms with Crippen molar-refractivity contribution in [3.05, 3.63) is 84.2 Å². The molecule has 13 heteroatoms. The highest BCUT2D eigenvalue weighted by atomic mass is 32.2. The number of amides is 2. The van der Waals surface area contributed by atoms with Gasteiger partial charge in [0.2, 0.25) is 0 Å². The lowest BCUT2D eigenvalue weighted by Gasteiger charge is -2.23. The number of carbonyl (C=O) groups is 1. The fourth-order valence-electron chi connectivity index (χ4n) is 4.71. The first kappa shape index (κ1) is 31.8. The predicted molar refractivity (Wildman–Crippen MR) is 170 cm³/mol. The number of aromatic nitrogens is 3. The number of urea groups is 1. The molecule has 0 radical (unpaired) electrons. The summed E-state index contributed by atoms with van der Waals surface area (Å²) in [5, 5.41) is 5.06. The molecule has 2 amide bonds. The lowest BCUT2D eigenvalue weighted by Crippen LogP contribution is -2.25. The molecular weight excluding hydrogens is 605 g/mol. The van der Waals surface area contributed by atoms with Crippen LogP contribution in [0.4, 0.5) is 23.7 Å². The number of methoxy groups -OCH3 is 1. The molecule has 1 fully saturated rings. The number of halogens is 3. The van der Waals surface area contributed by atoms with E-state index in [1.54, 1.807) is 13.3 Å². The average molecular weight is 637 g/mol. The van der Waals surface area contributed by atoms with Crippen LogP contribution in [0.3, 0.4) is 0 Å². The van der Waals surface area contributed by atoms with Crippen LogP contribution in [0.25, 0.3) is 17.1 Å². The zero-order valence-electron chi connectivity index (χ0n) is 25.0. The summed E-state index contributed by atoms with van der Waals surface area (Å²) in [6.45, 7) is 6.91. The van der Waals surface area contributed by atoms with E-state index in [-0.39, 0.29) is 17.6 Å². The van der Waals surface area contributed by atoms with Gasteiger partial charge in [0.25, 0.3) is 0 Å². The number of benzene rings is 3. The summed E-state index contributed by atoms with van der Waals surface area (Å²) in [4.78, 5) is 27.5. The normalized spacial score (nSPS) is 15.3. The van der Waals surface area contributed by atoms with E-state index < -0.39 is 12.4 Å². The van der Waals surface area contributed by atoms with Gasteiger partial charge in [-0.25, -0.2) is 19.5 Å². The maximum absolute atomic E-state index is 12.7. The van der Waals surface area contributed by atoms with Gasteiger partial charge in [0.05, 0.1) is 12.8 Å². The van der Waals surface area contributed by atoms with Gasteiger partial charge in [-0.3, -0.25) is 0 Å². The molecule has 9 nitrogen and oxygen atoms in total. The molecule has 2 heterocycles. The summed E-state index contributed by atoms with van der Waals surface area (Å²) in [5.41, 5.74) is 4.33. The fourth-order valence-corrected chi connectivity index (χ4v) is 5.66. The van der Waals surface area contributed by atoms with E-state index in [9.17, 15) is 18.0 Å². The van der Waals surface area contributed by atoms with Gasteiger partial charge in [-0.15, -0.1) is 18.3 Å². The highest BCUT2D eigenvalue weighted by Crippen LogP contribution is 2.35. The molecule has 1 aliphatic rings. The van der Waals surface area contributed by atoms with E-state index in [1.165, 1.54) is 47.0 Å². The Kier molecular flexibility index (Phi) is 9.57. The predicted octanol–water partition coefficient (Wildman–Crippen LogP) is 7.87. The van der Waals surface area contributed by atoms with E-state index in [0.29, 0.717) is 16.7 Å². The van der Waals surface area contributed by atoms with Crippen molar-refractivity contribution in [3.63, 3.8) is 0 Å². The lowest BCUT2D eigenvalue weighted by molar-refractivity contribution is -0.274. The van der Waals surface area contributed by atoms with E-state index in [2.05, 4.69) is 43.6 Å². The van der Waals surface area contributed by atoms with Gasteiger partial charge >= 0.3 is 12.4 Å². The molecule has 1 atom stereocenters. The minimum absolute atomic E-state index is 0.160. The van der Waals surface area contributed by atoms with E-state index in [0.717, 1.165) is 40.4 Å². The van der Waals surface area contributed by atoms with Crippen LogP contribution >= 0.6 is 11.8 Å². The number of ether oxygens (including phenoxy) is 2. The third-order valence-electron chi connectivity index (χ3n) is 7.05. The zero-order valence-corrected chi connectivity index (χ0v) is 25.8. The maximum atomic E-state index is 12.7. The van der Waals surface area contributed by atoms with Crippen molar-refractivity contribution in [1.82, 2.24) is 14.8 Å². The van der Waals surface area contributed by atoms with Crippen LogP contribution in [0.15, 0.2) is 83.0 Å². The third kappa shape index (κ3) is 7.90. The summed E-state index contributed by atoms with van der Waals surface area (Å²) >= 11 is 1.53. The summed E-state index contributed by atoms with van der Waals surface area (Å²) in [6.07, 6.45) is -1.70. The van der Waals surface area contributed by atoms with Crippen molar-refractivity contribution in [2.75, 3.05) is 24.3 Å². The van der Waals surface area contributed by atoms with Gasteiger partial charge in [0.15, 0.2) is 11.0 Å². The number of hydrogen-bond acceptors (Lipinski definition) is 6. The fraction of sp³-hybridized carbons (Fsp3) is 0.281. The molecule has 0 aliphatic carbocycles. The number of rotatable bonds is 8. The van der Waals surface area contributed by atoms with Crippen LogP contribution in [-0.4, -0.2) is 57.9 Å². The van der Waals surface area contributed by atoms with Crippen LogP contribution < -0.4 is 14.4 Å². The Balaban J connectivity index is 1.23. The number of carbonyl (C=O) groups excluding carboxylic acids is 1. The number of aliphatic imine (C=N–C) groups is 2. The minimum atomic E-state index is -4.76. The van der Waals surface area contributed by atoms with Gasteiger partial charge in [0.1, 0.15) is 17.8 Å².